The Bertz CT molecular complexity index is 453. The van der Waals surface area contributed by atoms with E-state index < -0.39 is 6.10 Å². The molecule has 2 amide bonds. The molecule has 0 saturated carbocycles. The molecule has 0 spiro atoms. The van der Waals surface area contributed by atoms with Gasteiger partial charge in [-0.3, -0.25) is 14.5 Å². The number of nitrogens with zero attached hydrogens (tertiary/aromatic N) is 3. The molecule has 7 heteroatoms. The molecule has 7 nitrogen and oxygen atoms in total. The van der Waals surface area contributed by atoms with Gasteiger partial charge in [-0.15, -0.1) is 0 Å². The van der Waals surface area contributed by atoms with Crippen molar-refractivity contribution in [1.29, 1.82) is 0 Å². The Hall–Kier alpha value is -1.18. The van der Waals surface area contributed by atoms with E-state index in [1.165, 1.54) is 0 Å². The largest absolute Gasteiger partial charge is 0.390 e. The van der Waals surface area contributed by atoms with Gasteiger partial charge in [0, 0.05) is 45.7 Å². The van der Waals surface area contributed by atoms with Crippen LogP contribution in [0.3, 0.4) is 0 Å². The highest BCUT2D eigenvalue weighted by atomic mass is 16.5. The molecule has 3 aliphatic heterocycles. The summed E-state index contributed by atoms with van der Waals surface area (Å²) in [5.74, 6) is 0.0975. The van der Waals surface area contributed by atoms with Crippen molar-refractivity contribution in [3.05, 3.63) is 0 Å². The van der Waals surface area contributed by atoms with Gasteiger partial charge in [0.2, 0.25) is 11.8 Å². The minimum atomic E-state index is -0.494. The molecule has 3 heterocycles. The normalized spacial score (nSPS) is 32.5. The zero-order valence-corrected chi connectivity index (χ0v) is 13.8. The Labute approximate surface area is 137 Å². The lowest BCUT2D eigenvalue weighted by Gasteiger charge is -2.33. The zero-order valence-electron chi connectivity index (χ0n) is 13.8. The van der Waals surface area contributed by atoms with Crippen molar-refractivity contribution in [1.82, 2.24) is 14.7 Å². The molecule has 130 valence electrons. The van der Waals surface area contributed by atoms with Crippen molar-refractivity contribution in [2.45, 2.75) is 31.9 Å². The standard InChI is InChI=1S/C16H27N3O4/c1-2-15(21)18-4-3-12(9-18)16(22)19-10-13(14(20)11-19)17-5-7-23-8-6-17/h12-14,20H,2-11H2,1H3/t12?,13-,14-/m1/s1. The molecule has 3 atom stereocenters. The van der Waals surface area contributed by atoms with E-state index in [0.29, 0.717) is 45.8 Å². The number of hydrogen-bond acceptors (Lipinski definition) is 5. The molecule has 1 N–H and O–H groups in total. The molecule has 0 aromatic rings. The van der Waals surface area contributed by atoms with Crippen molar-refractivity contribution < 1.29 is 19.4 Å². The van der Waals surface area contributed by atoms with Gasteiger partial charge in [-0.25, -0.2) is 0 Å². The smallest absolute Gasteiger partial charge is 0.227 e. The summed E-state index contributed by atoms with van der Waals surface area (Å²) < 4.78 is 5.35. The summed E-state index contributed by atoms with van der Waals surface area (Å²) in [6.45, 7) is 7.03. The molecule has 0 radical (unpaired) electrons. The van der Waals surface area contributed by atoms with E-state index in [9.17, 15) is 14.7 Å². The van der Waals surface area contributed by atoms with Crippen molar-refractivity contribution >= 4 is 11.8 Å². The van der Waals surface area contributed by atoms with E-state index in [2.05, 4.69) is 4.90 Å². The molecular weight excluding hydrogens is 298 g/mol. The molecule has 3 fully saturated rings. The number of ether oxygens (including phenoxy) is 1. The van der Waals surface area contributed by atoms with E-state index in [4.69, 9.17) is 4.74 Å². The van der Waals surface area contributed by atoms with Gasteiger partial charge in [0.15, 0.2) is 0 Å². The van der Waals surface area contributed by atoms with Gasteiger partial charge in [-0.05, 0) is 6.42 Å². The second-order valence-corrected chi connectivity index (χ2v) is 6.71. The van der Waals surface area contributed by atoms with Crippen molar-refractivity contribution in [3.63, 3.8) is 0 Å². The van der Waals surface area contributed by atoms with Crippen LogP contribution in [0.25, 0.3) is 0 Å². The zero-order chi connectivity index (χ0) is 16.4. The van der Waals surface area contributed by atoms with Crippen molar-refractivity contribution in [3.8, 4) is 0 Å². The Balaban J connectivity index is 1.55. The average Bonchev–Trinajstić information content (AvgIpc) is 3.21. The first-order chi connectivity index (χ1) is 11.1. The summed E-state index contributed by atoms with van der Waals surface area (Å²) in [5, 5.41) is 10.3. The summed E-state index contributed by atoms with van der Waals surface area (Å²) in [5.41, 5.74) is 0. The predicted molar refractivity (Wildman–Crippen MR) is 83.7 cm³/mol. The van der Waals surface area contributed by atoms with Crippen LogP contribution in [0.15, 0.2) is 0 Å². The van der Waals surface area contributed by atoms with Gasteiger partial charge in [-0.1, -0.05) is 6.92 Å². The number of β-amino-alcohol motifs (C(OH)–C–C–N with tert-alkyl or cyclic N) is 1. The number of carbonyl (C=O) groups is 2. The maximum atomic E-state index is 12.7. The highest BCUT2D eigenvalue weighted by molar-refractivity contribution is 5.82. The van der Waals surface area contributed by atoms with Gasteiger partial charge in [-0.2, -0.15) is 0 Å². The SMILES string of the molecule is CCC(=O)N1CCC(C(=O)N2C[C@@H](O)[C@H](N3CCOCC3)C2)C1. The lowest BCUT2D eigenvalue weighted by molar-refractivity contribution is -0.135. The first-order valence-electron chi connectivity index (χ1n) is 8.66. The quantitative estimate of drug-likeness (QED) is 0.732. The van der Waals surface area contributed by atoms with Crippen LogP contribution in [0.5, 0.6) is 0 Å². The molecule has 3 rings (SSSR count). The third-order valence-corrected chi connectivity index (χ3v) is 5.28. The Kier molecular flexibility index (Phi) is 5.18. The average molecular weight is 325 g/mol. The Morgan fingerprint density at radius 2 is 1.83 bits per heavy atom. The first kappa shape index (κ1) is 16.7. The van der Waals surface area contributed by atoms with Gasteiger partial charge < -0.3 is 19.6 Å². The maximum Gasteiger partial charge on any atom is 0.227 e. The molecule has 23 heavy (non-hydrogen) atoms. The van der Waals surface area contributed by atoms with Gasteiger partial charge in [0.1, 0.15) is 0 Å². The van der Waals surface area contributed by atoms with Crippen LogP contribution in [-0.4, -0.2) is 96.2 Å². The molecule has 1 unspecified atom stereocenters. The van der Waals surface area contributed by atoms with E-state index in [1.54, 1.807) is 9.80 Å². The lowest BCUT2D eigenvalue weighted by Crippen LogP contribution is -2.49. The fourth-order valence-electron chi connectivity index (χ4n) is 3.89. The van der Waals surface area contributed by atoms with Crippen molar-refractivity contribution in [2.24, 2.45) is 5.92 Å². The molecule has 0 aromatic heterocycles. The summed E-state index contributed by atoms with van der Waals surface area (Å²) >= 11 is 0. The molecule has 0 bridgehead atoms. The summed E-state index contributed by atoms with van der Waals surface area (Å²) in [6.07, 6.45) is 0.730. The Morgan fingerprint density at radius 1 is 1.09 bits per heavy atom. The van der Waals surface area contributed by atoms with Crippen LogP contribution in [0.4, 0.5) is 0 Å². The second-order valence-electron chi connectivity index (χ2n) is 6.71. The van der Waals surface area contributed by atoms with E-state index in [-0.39, 0.29) is 23.8 Å². The van der Waals surface area contributed by atoms with E-state index in [1.807, 2.05) is 6.92 Å². The van der Waals surface area contributed by atoms with Gasteiger partial charge >= 0.3 is 0 Å². The number of rotatable bonds is 3. The third-order valence-electron chi connectivity index (χ3n) is 5.28. The van der Waals surface area contributed by atoms with Crippen LogP contribution >= 0.6 is 0 Å². The fraction of sp³-hybridized carbons (Fsp3) is 0.875. The monoisotopic (exact) mass is 325 g/mol. The van der Waals surface area contributed by atoms with Crippen LogP contribution in [0, 0.1) is 5.92 Å². The highest BCUT2D eigenvalue weighted by Gasteiger charge is 2.41. The van der Waals surface area contributed by atoms with Crippen LogP contribution in [-0.2, 0) is 14.3 Å². The fourth-order valence-corrected chi connectivity index (χ4v) is 3.89. The lowest BCUT2D eigenvalue weighted by atomic mass is 10.1. The topological polar surface area (TPSA) is 73.3 Å². The number of amides is 2. The summed E-state index contributed by atoms with van der Waals surface area (Å²) in [6, 6.07) is 0.0117. The van der Waals surface area contributed by atoms with Crippen molar-refractivity contribution in [2.75, 3.05) is 52.5 Å². The third kappa shape index (κ3) is 3.51. The number of aliphatic hydroxyl groups excluding tert-OH is 1. The summed E-state index contributed by atoms with van der Waals surface area (Å²) in [7, 11) is 0. The first-order valence-corrected chi connectivity index (χ1v) is 8.66. The van der Waals surface area contributed by atoms with Crippen LogP contribution in [0.2, 0.25) is 0 Å². The maximum absolute atomic E-state index is 12.7. The number of hydrogen-bond donors (Lipinski definition) is 1. The number of aliphatic hydroxyl groups is 1. The molecule has 0 aromatic carbocycles. The van der Waals surface area contributed by atoms with E-state index >= 15 is 0 Å². The minimum absolute atomic E-state index is 0.0117. The number of likely N-dealkylation sites (tertiary alicyclic amines) is 2. The second kappa shape index (κ2) is 7.15. The molecule has 0 aliphatic carbocycles. The number of morpholine rings is 1. The Morgan fingerprint density at radius 3 is 2.52 bits per heavy atom. The van der Waals surface area contributed by atoms with Gasteiger partial charge in [0.25, 0.3) is 0 Å². The molecule has 3 saturated heterocycles. The number of carbonyl (C=O) groups excluding carboxylic acids is 2. The van der Waals surface area contributed by atoms with Crippen LogP contribution < -0.4 is 0 Å². The van der Waals surface area contributed by atoms with Gasteiger partial charge in [0.05, 0.1) is 31.3 Å². The van der Waals surface area contributed by atoms with E-state index in [0.717, 1.165) is 19.5 Å². The summed E-state index contributed by atoms with van der Waals surface area (Å²) in [4.78, 5) is 30.3. The molecular formula is C16H27N3O4. The highest BCUT2D eigenvalue weighted by Crippen LogP contribution is 2.24. The van der Waals surface area contributed by atoms with Crippen LogP contribution in [0.1, 0.15) is 19.8 Å². The molecule has 3 aliphatic rings. The minimum Gasteiger partial charge on any atom is -0.390 e. The predicted octanol–water partition coefficient (Wildman–Crippen LogP) is -0.851.